The monoisotopic (exact) mass is 602 g/mol. The Morgan fingerprint density at radius 1 is 0.319 bits per heavy atom. The largest absolute Gasteiger partial charge is 0.344 e. The molecule has 0 heterocycles. The van der Waals surface area contributed by atoms with Crippen molar-refractivity contribution in [1.29, 1.82) is 0 Å². The first-order valence-corrected chi connectivity index (χ1v) is 16.1. The Labute approximate surface area is 276 Å². The van der Waals surface area contributed by atoms with Crippen molar-refractivity contribution in [2.75, 3.05) is 16.8 Å². The van der Waals surface area contributed by atoms with Crippen LogP contribution in [0.1, 0.15) is 0 Å². The van der Waals surface area contributed by atoms with Crippen molar-refractivity contribution in [3.05, 3.63) is 188 Å². The van der Waals surface area contributed by atoms with Gasteiger partial charge in [0, 0.05) is 40.9 Å². The zero-order valence-corrected chi connectivity index (χ0v) is 26.3. The lowest BCUT2D eigenvalue weighted by molar-refractivity contribution is 1.22. The van der Waals surface area contributed by atoms with E-state index in [9.17, 15) is 0 Å². The summed E-state index contributed by atoms with van der Waals surface area (Å²) in [5, 5.41) is 5.07. The first-order chi connectivity index (χ1) is 23.2. The van der Waals surface area contributed by atoms with Crippen LogP contribution < -0.4 is 9.80 Å². The number of hydrogen-bond donors (Lipinski definition) is 0. The Balaban J connectivity index is 1.10. The molecule has 0 saturated heterocycles. The van der Waals surface area contributed by atoms with Crippen LogP contribution in [-0.2, 0) is 0 Å². The van der Waals surface area contributed by atoms with E-state index in [2.05, 4.69) is 205 Å². The minimum absolute atomic E-state index is 1.12. The van der Waals surface area contributed by atoms with Gasteiger partial charge in [0.25, 0.3) is 0 Å². The van der Waals surface area contributed by atoms with Gasteiger partial charge in [0.05, 0.1) is 0 Å². The number of nitrogens with zero attached hydrogens (tertiary/aromatic N) is 2. The van der Waals surface area contributed by atoms with E-state index in [1.165, 1.54) is 49.5 Å². The second-order valence-electron chi connectivity index (χ2n) is 11.9. The normalized spacial score (nSPS) is 11.1. The summed E-state index contributed by atoms with van der Waals surface area (Å²) in [5.41, 5.74) is 10.5. The van der Waals surface area contributed by atoms with E-state index in [4.69, 9.17) is 0 Å². The third-order valence-electron chi connectivity index (χ3n) is 9.05. The second-order valence-corrected chi connectivity index (χ2v) is 11.9. The van der Waals surface area contributed by atoms with Crippen LogP contribution in [0.25, 0.3) is 43.8 Å². The van der Waals surface area contributed by atoms with E-state index >= 15 is 0 Å². The first-order valence-electron chi connectivity index (χ1n) is 16.1. The maximum absolute atomic E-state index is 2.32. The Kier molecular flexibility index (Phi) is 7.45. The lowest BCUT2D eigenvalue weighted by Gasteiger charge is -2.26. The number of fused-ring (bicyclic) bond motifs is 3. The molecule has 0 bridgehead atoms. The standard InChI is InChI=1S/C45H34N2/c1-46(45-32-37-15-8-9-20-42(37)43-21-10-11-22-44(43)45)38-27-23-34(24-28-38)35-25-29-40(30-26-35)47(39-17-6-3-7-18-39)41-19-12-16-36(31-41)33-13-4-2-5-14-33/h2-32H,1H3. The molecule has 0 unspecified atom stereocenters. The van der Waals surface area contributed by atoms with E-state index < -0.39 is 0 Å². The SMILES string of the molecule is CN(c1ccc(-c2ccc(N(c3ccccc3)c3cccc(-c4ccccc4)c3)cc2)cc1)c1cc2ccccc2c2ccccc12. The van der Waals surface area contributed by atoms with Gasteiger partial charge in [0.1, 0.15) is 0 Å². The molecular weight excluding hydrogens is 569 g/mol. The van der Waals surface area contributed by atoms with Gasteiger partial charge in [0.15, 0.2) is 0 Å². The van der Waals surface area contributed by atoms with Gasteiger partial charge in [-0.3, -0.25) is 0 Å². The maximum atomic E-state index is 2.32. The third kappa shape index (κ3) is 5.51. The van der Waals surface area contributed by atoms with Crippen molar-refractivity contribution in [3.63, 3.8) is 0 Å². The highest BCUT2D eigenvalue weighted by atomic mass is 15.1. The lowest BCUT2D eigenvalue weighted by atomic mass is 9.99. The molecule has 2 nitrogen and oxygen atoms in total. The fourth-order valence-corrected chi connectivity index (χ4v) is 6.61. The number of hydrogen-bond acceptors (Lipinski definition) is 2. The molecule has 8 rings (SSSR count). The van der Waals surface area contributed by atoms with Crippen LogP contribution in [0.5, 0.6) is 0 Å². The first kappa shape index (κ1) is 28.4. The maximum Gasteiger partial charge on any atom is 0.0494 e. The lowest BCUT2D eigenvalue weighted by Crippen LogP contribution is -2.10. The molecule has 8 aromatic carbocycles. The van der Waals surface area contributed by atoms with E-state index in [1.807, 2.05) is 0 Å². The average molecular weight is 603 g/mol. The van der Waals surface area contributed by atoms with Gasteiger partial charge in [-0.1, -0.05) is 133 Å². The molecule has 0 aliphatic heterocycles. The highest BCUT2D eigenvalue weighted by Gasteiger charge is 2.15. The predicted octanol–water partition coefficient (Wildman–Crippen LogP) is 12.6. The molecule has 0 aliphatic carbocycles. The molecule has 0 saturated carbocycles. The van der Waals surface area contributed by atoms with Crippen LogP contribution in [0.15, 0.2) is 188 Å². The number of rotatable bonds is 7. The van der Waals surface area contributed by atoms with Crippen molar-refractivity contribution in [2.45, 2.75) is 0 Å². The molecule has 224 valence electrons. The summed E-state index contributed by atoms with van der Waals surface area (Å²) in [6.45, 7) is 0. The van der Waals surface area contributed by atoms with Crippen molar-refractivity contribution in [3.8, 4) is 22.3 Å². The van der Waals surface area contributed by atoms with Crippen molar-refractivity contribution in [2.24, 2.45) is 0 Å². The molecule has 0 amide bonds. The van der Waals surface area contributed by atoms with E-state index in [1.54, 1.807) is 0 Å². The summed E-state index contributed by atoms with van der Waals surface area (Å²) in [4.78, 5) is 4.62. The molecule has 47 heavy (non-hydrogen) atoms. The minimum atomic E-state index is 1.12. The molecule has 0 N–H and O–H groups in total. The summed E-state index contributed by atoms with van der Waals surface area (Å²) < 4.78 is 0. The smallest absolute Gasteiger partial charge is 0.0494 e. The molecule has 0 aliphatic rings. The van der Waals surface area contributed by atoms with Crippen LogP contribution in [0.2, 0.25) is 0 Å². The van der Waals surface area contributed by atoms with Crippen LogP contribution in [0, 0.1) is 0 Å². The topological polar surface area (TPSA) is 6.48 Å². The summed E-state index contributed by atoms with van der Waals surface area (Å²) in [6.07, 6.45) is 0. The molecule has 0 atom stereocenters. The third-order valence-corrected chi connectivity index (χ3v) is 9.05. The zero-order valence-electron chi connectivity index (χ0n) is 26.3. The van der Waals surface area contributed by atoms with Crippen molar-refractivity contribution >= 4 is 50.0 Å². The molecule has 0 radical (unpaired) electrons. The van der Waals surface area contributed by atoms with E-state index in [-0.39, 0.29) is 0 Å². The molecular formula is C45H34N2. The van der Waals surface area contributed by atoms with Gasteiger partial charge >= 0.3 is 0 Å². The number of para-hydroxylation sites is 1. The minimum Gasteiger partial charge on any atom is -0.344 e. The van der Waals surface area contributed by atoms with Gasteiger partial charge in [0.2, 0.25) is 0 Å². The molecule has 8 aromatic rings. The van der Waals surface area contributed by atoms with Crippen LogP contribution >= 0.6 is 0 Å². The van der Waals surface area contributed by atoms with Gasteiger partial charge in [-0.05, 0) is 93.0 Å². The summed E-state index contributed by atoms with van der Waals surface area (Å²) in [6, 6.07) is 67.3. The van der Waals surface area contributed by atoms with Gasteiger partial charge in [-0.25, -0.2) is 0 Å². The summed E-state index contributed by atoms with van der Waals surface area (Å²) >= 11 is 0. The van der Waals surface area contributed by atoms with Gasteiger partial charge < -0.3 is 9.80 Å². The molecule has 2 heteroatoms. The van der Waals surface area contributed by atoms with Crippen molar-refractivity contribution < 1.29 is 0 Å². The van der Waals surface area contributed by atoms with Gasteiger partial charge in [-0.2, -0.15) is 0 Å². The Hall–Kier alpha value is -6.12. The number of benzene rings is 8. The Bertz CT molecular complexity index is 2290. The molecule has 0 aromatic heterocycles. The number of anilines is 5. The average Bonchev–Trinajstić information content (AvgIpc) is 3.16. The Morgan fingerprint density at radius 3 is 1.51 bits per heavy atom. The molecule has 0 fully saturated rings. The second kappa shape index (κ2) is 12.3. The van der Waals surface area contributed by atoms with E-state index in [0.29, 0.717) is 0 Å². The van der Waals surface area contributed by atoms with Crippen LogP contribution in [0.3, 0.4) is 0 Å². The van der Waals surface area contributed by atoms with E-state index in [0.717, 1.165) is 22.7 Å². The Morgan fingerprint density at radius 2 is 0.809 bits per heavy atom. The van der Waals surface area contributed by atoms with Crippen molar-refractivity contribution in [1.82, 2.24) is 0 Å². The van der Waals surface area contributed by atoms with Gasteiger partial charge in [-0.15, -0.1) is 0 Å². The van der Waals surface area contributed by atoms with Crippen LogP contribution in [-0.4, -0.2) is 7.05 Å². The highest BCUT2D eigenvalue weighted by molar-refractivity contribution is 6.13. The fourth-order valence-electron chi connectivity index (χ4n) is 6.61. The fraction of sp³-hybridized carbons (Fsp3) is 0.0222. The summed E-state index contributed by atoms with van der Waals surface area (Å²) in [7, 11) is 2.16. The predicted molar refractivity (Wildman–Crippen MR) is 202 cm³/mol. The quantitative estimate of drug-likeness (QED) is 0.167. The van der Waals surface area contributed by atoms with Crippen LogP contribution in [0.4, 0.5) is 28.4 Å². The highest BCUT2D eigenvalue weighted by Crippen LogP contribution is 2.39. The zero-order chi connectivity index (χ0) is 31.6. The summed E-state index contributed by atoms with van der Waals surface area (Å²) in [5.74, 6) is 0. The molecule has 0 spiro atoms.